The Kier molecular flexibility index (Phi) is 15.6. The topological polar surface area (TPSA) is 173 Å². The van der Waals surface area contributed by atoms with Crippen LogP contribution < -0.4 is 5.73 Å². The van der Waals surface area contributed by atoms with Gasteiger partial charge in [0.15, 0.2) is 0 Å². The van der Waals surface area contributed by atoms with E-state index in [4.69, 9.17) is 5.73 Å². The number of rotatable bonds is 22. The zero-order valence-corrected chi connectivity index (χ0v) is 29.7. The first-order chi connectivity index (χ1) is 23.6. The van der Waals surface area contributed by atoms with E-state index in [0.717, 1.165) is 68.3 Å². The third-order valence-corrected chi connectivity index (χ3v) is 11.3. The lowest BCUT2D eigenvalue weighted by Gasteiger charge is -2.32. The number of nitrogens with zero attached hydrogens (tertiary/aromatic N) is 1. The van der Waals surface area contributed by atoms with Crippen LogP contribution in [0.3, 0.4) is 0 Å². The number of aliphatic hydroxyl groups is 4. The van der Waals surface area contributed by atoms with Crippen LogP contribution in [0.15, 0.2) is 42.6 Å². The number of aromatic nitrogens is 2. The maximum atomic E-state index is 12.3. The zero-order chi connectivity index (χ0) is 35.2. The number of H-pyrrole nitrogens is 1. The lowest BCUT2D eigenvalue weighted by atomic mass is 9.80. The number of aryl methyl sites for hydroxylation is 1. The van der Waals surface area contributed by atoms with E-state index >= 15 is 0 Å². The van der Waals surface area contributed by atoms with Crippen molar-refractivity contribution in [1.82, 2.24) is 9.97 Å². The van der Waals surface area contributed by atoms with Gasteiger partial charge in [-0.15, -0.1) is 0 Å². The summed E-state index contributed by atoms with van der Waals surface area (Å²) in [6.45, 7) is 2.35. The second-order valence-corrected chi connectivity index (χ2v) is 15.2. The number of nitrogens with two attached hydrogens (primary N) is 1. The highest BCUT2D eigenvalue weighted by Crippen LogP contribution is 2.46. The number of unbranched alkanes of at least 4 members (excludes halogenated alkanes) is 4. The number of carbonyl (C=O) groups is 1. The molecule has 0 saturated heterocycles. The third kappa shape index (κ3) is 12.2. The van der Waals surface area contributed by atoms with Gasteiger partial charge in [0.25, 0.3) is 0 Å². The second kappa shape index (κ2) is 19.6. The number of carboxylic acids is 1. The summed E-state index contributed by atoms with van der Waals surface area (Å²) in [5, 5.41) is 53.2. The van der Waals surface area contributed by atoms with Crippen molar-refractivity contribution in [3.63, 3.8) is 0 Å². The normalized spacial score (nSPS) is 26.6. The number of nitrogen functional groups attached to an aromatic ring is 1. The van der Waals surface area contributed by atoms with Crippen LogP contribution in [-0.2, 0) is 24.1 Å². The zero-order valence-electron chi connectivity index (χ0n) is 29.7. The molecule has 2 aromatic heterocycles. The van der Waals surface area contributed by atoms with E-state index in [0.29, 0.717) is 50.3 Å². The van der Waals surface area contributed by atoms with E-state index in [1.807, 2.05) is 18.2 Å². The van der Waals surface area contributed by atoms with Gasteiger partial charge in [0, 0.05) is 30.1 Å². The molecular formula is C40H63N3O6. The molecule has 2 aliphatic carbocycles. The van der Waals surface area contributed by atoms with Gasteiger partial charge in [-0.05, 0) is 125 Å². The Bertz CT molecular complexity index is 1300. The van der Waals surface area contributed by atoms with Gasteiger partial charge in [0.05, 0.1) is 23.7 Å². The minimum Gasteiger partial charge on any atom is -0.481 e. The number of hydrogen-bond donors (Lipinski definition) is 7. The summed E-state index contributed by atoms with van der Waals surface area (Å²) in [7, 11) is 0. The monoisotopic (exact) mass is 681 g/mol. The SMILES string of the molecule is CCCCC[C@@H]1C=C[C@@H](CCCCC[C@H](C(=O)O)[C@H](O)CC[C@]2(O)C[C@H](Cc3ccnc(N)c3)C[C@H]2Cc2ccc(CCCO)[nH]2)[C@H](O)C1. The molecule has 274 valence electrons. The van der Waals surface area contributed by atoms with E-state index in [2.05, 4.69) is 35.1 Å². The molecule has 8 N–H and O–H groups in total. The summed E-state index contributed by atoms with van der Waals surface area (Å²) >= 11 is 0. The largest absolute Gasteiger partial charge is 0.481 e. The molecule has 1 fully saturated rings. The summed E-state index contributed by atoms with van der Waals surface area (Å²) in [5.74, 6) is -0.575. The fraction of sp³-hybridized carbons (Fsp3) is 0.700. The molecule has 1 saturated carbocycles. The van der Waals surface area contributed by atoms with Gasteiger partial charge in [-0.2, -0.15) is 0 Å². The van der Waals surface area contributed by atoms with Crippen molar-refractivity contribution in [2.75, 3.05) is 12.3 Å². The predicted molar refractivity (Wildman–Crippen MR) is 194 cm³/mol. The summed E-state index contributed by atoms with van der Waals surface area (Å²) in [6.07, 6.45) is 19.1. The number of hydrogen-bond acceptors (Lipinski definition) is 7. The first-order valence-corrected chi connectivity index (χ1v) is 19.1. The Balaban J connectivity index is 1.29. The van der Waals surface area contributed by atoms with Gasteiger partial charge in [-0.3, -0.25) is 4.79 Å². The first kappa shape index (κ1) is 39.1. The van der Waals surface area contributed by atoms with Crippen LogP contribution in [0.25, 0.3) is 0 Å². The molecule has 2 aliphatic rings. The molecule has 0 bridgehead atoms. The van der Waals surface area contributed by atoms with Crippen molar-refractivity contribution < 1.29 is 30.3 Å². The number of allylic oxidation sites excluding steroid dienone is 1. The molecule has 4 rings (SSSR count). The fourth-order valence-corrected chi connectivity index (χ4v) is 8.50. The molecule has 0 amide bonds. The molecule has 2 heterocycles. The summed E-state index contributed by atoms with van der Waals surface area (Å²) in [6, 6.07) is 7.93. The molecule has 2 aromatic rings. The van der Waals surface area contributed by atoms with Crippen LogP contribution in [0, 0.1) is 29.6 Å². The lowest BCUT2D eigenvalue weighted by Crippen LogP contribution is -2.37. The van der Waals surface area contributed by atoms with Gasteiger partial charge in [0.2, 0.25) is 0 Å². The maximum Gasteiger partial charge on any atom is 0.309 e. The maximum absolute atomic E-state index is 12.3. The van der Waals surface area contributed by atoms with Crippen LogP contribution in [0.5, 0.6) is 0 Å². The number of nitrogens with one attached hydrogen (secondary N) is 1. The second-order valence-electron chi connectivity index (χ2n) is 15.2. The third-order valence-electron chi connectivity index (χ3n) is 11.3. The molecule has 9 nitrogen and oxygen atoms in total. The van der Waals surface area contributed by atoms with E-state index in [-0.39, 0.29) is 36.9 Å². The highest BCUT2D eigenvalue weighted by molar-refractivity contribution is 5.70. The van der Waals surface area contributed by atoms with Crippen molar-refractivity contribution >= 4 is 11.8 Å². The van der Waals surface area contributed by atoms with Crippen molar-refractivity contribution in [3.8, 4) is 0 Å². The van der Waals surface area contributed by atoms with Crippen molar-refractivity contribution in [1.29, 1.82) is 0 Å². The Morgan fingerprint density at radius 3 is 2.55 bits per heavy atom. The Morgan fingerprint density at radius 1 is 1.02 bits per heavy atom. The molecule has 49 heavy (non-hydrogen) atoms. The Hall–Kier alpha value is -2.72. The molecule has 9 heteroatoms. The van der Waals surface area contributed by atoms with Crippen LogP contribution in [0.4, 0.5) is 5.82 Å². The van der Waals surface area contributed by atoms with E-state index < -0.39 is 23.6 Å². The Labute approximate surface area is 293 Å². The van der Waals surface area contributed by atoms with Crippen LogP contribution in [0.1, 0.15) is 120 Å². The van der Waals surface area contributed by atoms with Gasteiger partial charge >= 0.3 is 5.97 Å². The highest BCUT2D eigenvalue weighted by atomic mass is 16.4. The smallest absolute Gasteiger partial charge is 0.309 e. The molecule has 0 radical (unpaired) electrons. The quantitative estimate of drug-likeness (QED) is 0.0554. The van der Waals surface area contributed by atoms with E-state index in [1.165, 1.54) is 19.3 Å². The molecular weight excluding hydrogens is 618 g/mol. The number of aromatic amines is 1. The average Bonchev–Trinajstić information content (AvgIpc) is 3.64. The van der Waals surface area contributed by atoms with Gasteiger partial charge < -0.3 is 36.3 Å². The van der Waals surface area contributed by atoms with Crippen LogP contribution in [0.2, 0.25) is 0 Å². The van der Waals surface area contributed by atoms with Crippen molar-refractivity contribution in [2.45, 2.75) is 140 Å². The standard InChI is InChI=1S/C40H63N3O6/c1-2-3-5-9-28-13-14-31(37(46)24-28)10-6-4-7-12-35(39(47)48)36(45)17-19-40(49)27-30(22-29-18-20-42-38(41)25-29)23-32(40)26-34-16-15-33(43-34)11-8-21-44/h13-16,18,20,25,28,30-32,35-37,43-46,49H,2-12,17,19,21-24,26-27H2,1H3,(H2,41,42)(H,47,48)/t28-,30-,31-,32+,35+,36-,37-,40+/m1/s1. The molecule has 0 aromatic carbocycles. The number of carboxylic acid groups (broad SMARTS) is 1. The molecule has 0 aliphatic heterocycles. The highest BCUT2D eigenvalue weighted by Gasteiger charge is 2.46. The minimum absolute atomic E-state index is 0.0488. The molecule has 8 atom stereocenters. The number of aliphatic hydroxyl groups excluding tert-OH is 3. The average molecular weight is 682 g/mol. The van der Waals surface area contributed by atoms with E-state index in [9.17, 15) is 30.3 Å². The number of anilines is 1. The summed E-state index contributed by atoms with van der Waals surface area (Å²) in [5.41, 5.74) is 8.08. The van der Waals surface area contributed by atoms with Gasteiger partial charge in [-0.25, -0.2) is 4.98 Å². The van der Waals surface area contributed by atoms with Crippen LogP contribution in [-0.4, -0.2) is 65.9 Å². The number of aliphatic carboxylic acids is 1. The lowest BCUT2D eigenvalue weighted by molar-refractivity contribution is -0.146. The van der Waals surface area contributed by atoms with Crippen molar-refractivity contribution in [2.24, 2.45) is 29.6 Å². The number of pyridine rings is 1. The minimum atomic E-state index is -1.04. The van der Waals surface area contributed by atoms with Crippen molar-refractivity contribution in [3.05, 3.63) is 59.6 Å². The van der Waals surface area contributed by atoms with Gasteiger partial charge in [-0.1, -0.05) is 57.6 Å². The molecule has 0 spiro atoms. The molecule has 0 unspecified atom stereocenters. The fourth-order valence-electron chi connectivity index (χ4n) is 8.50. The van der Waals surface area contributed by atoms with Gasteiger partial charge in [0.1, 0.15) is 5.82 Å². The first-order valence-electron chi connectivity index (χ1n) is 19.1. The van der Waals surface area contributed by atoms with Crippen LogP contribution >= 0.6 is 0 Å². The summed E-state index contributed by atoms with van der Waals surface area (Å²) < 4.78 is 0. The summed E-state index contributed by atoms with van der Waals surface area (Å²) in [4.78, 5) is 19.8. The Morgan fingerprint density at radius 2 is 1.82 bits per heavy atom. The predicted octanol–water partition coefficient (Wildman–Crippen LogP) is 6.39. The van der Waals surface area contributed by atoms with E-state index in [1.54, 1.807) is 6.20 Å².